The average Bonchev–Trinajstić information content (AvgIpc) is 2.90. The smallest absolute Gasteiger partial charge is 0.109 e. The van der Waals surface area contributed by atoms with Crippen LogP contribution in [0.3, 0.4) is 0 Å². The van der Waals surface area contributed by atoms with Gasteiger partial charge in [0, 0.05) is 24.2 Å². The normalized spacial score (nSPS) is 11.5. The molecule has 1 aromatic carbocycles. The Labute approximate surface area is 136 Å². The number of hydrogen-bond acceptors (Lipinski definition) is 2. The Hall–Kier alpha value is -1.61. The number of rotatable bonds is 7. The van der Waals surface area contributed by atoms with Gasteiger partial charge < -0.3 is 4.57 Å². The summed E-state index contributed by atoms with van der Waals surface area (Å²) in [5, 5.41) is 1.20. The Morgan fingerprint density at radius 3 is 2.77 bits per heavy atom. The Balaban J connectivity index is 2.07. The highest BCUT2D eigenvalue weighted by Gasteiger charge is 2.13. The quantitative estimate of drug-likeness (QED) is 0.456. The summed E-state index contributed by atoms with van der Waals surface area (Å²) in [5.41, 5.74) is 3.29. The lowest BCUT2D eigenvalue weighted by molar-refractivity contribution is 0.590. The molecule has 0 aliphatic rings. The first-order valence-electron chi connectivity index (χ1n) is 8.14. The molecule has 0 spiro atoms. The van der Waals surface area contributed by atoms with E-state index in [0.29, 0.717) is 0 Å². The van der Waals surface area contributed by atoms with E-state index in [1.807, 2.05) is 12.3 Å². The fourth-order valence-corrected chi connectivity index (χ4v) is 3.20. The van der Waals surface area contributed by atoms with Gasteiger partial charge in [0.2, 0.25) is 0 Å². The first-order valence-corrected chi connectivity index (χ1v) is 8.67. The number of halogens is 1. The molecule has 4 heteroatoms. The minimum atomic E-state index is 0.749. The van der Waals surface area contributed by atoms with Crippen molar-refractivity contribution < 1.29 is 0 Å². The molecule has 3 aromatic rings. The molecule has 0 N–H and O–H groups in total. The maximum Gasteiger partial charge on any atom is 0.109 e. The summed E-state index contributed by atoms with van der Waals surface area (Å²) in [6.07, 6.45) is 7.42. The molecule has 3 rings (SSSR count). The number of alkyl halides is 1. The Morgan fingerprint density at radius 2 is 1.95 bits per heavy atom. The van der Waals surface area contributed by atoms with Crippen molar-refractivity contribution in [2.45, 2.75) is 45.6 Å². The summed E-state index contributed by atoms with van der Waals surface area (Å²) in [6.45, 7) is 3.21. The number of imidazole rings is 1. The minimum Gasteiger partial charge on any atom is -0.327 e. The molecule has 0 fully saturated rings. The van der Waals surface area contributed by atoms with Gasteiger partial charge in [-0.25, -0.2) is 4.98 Å². The molecule has 0 amide bonds. The number of fused-ring (bicyclic) bond motifs is 3. The number of para-hydroxylation sites is 1. The molecule has 0 unspecified atom stereocenters. The second kappa shape index (κ2) is 7.10. The Bertz CT molecular complexity index is 763. The molecule has 22 heavy (non-hydrogen) atoms. The third kappa shape index (κ3) is 2.95. The van der Waals surface area contributed by atoms with Crippen LogP contribution < -0.4 is 0 Å². The van der Waals surface area contributed by atoms with Crippen LogP contribution in [0.2, 0.25) is 0 Å². The van der Waals surface area contributed by atoms with Crippen molar-refractivity contribution in [3.63, 3.8) is 0 Å². The predicted molar refractivity (Wildman–Crippen MR) is 93.6 cm³/mol. The molecule has 3 nitrogen and oxygen atoms in total. The molecule has 0 radical (unpaired) electrons. The molecule has 116 valence electrons. The van der Waals surface area contributed by atoms with E-state index in [9.17, 15) is 0 Å². The topological polar surface area (TPSA) is 30.7 Å². The maximum absolute atomic E-state index is 5.79. The van der Waals surface area contributed by atoms with Crippen LogP contribution >= 0.6 is 11.6 Å². The van der Waals surface area contributed by atoms with Gasteiger partial charge in [-0.15, -0.1) is 11.6 Å². The molecular formula is C18H22ClN3. The Morgan fingerprint density at radius 1 is 1.09 bits per heavy atom. The highest BCUT2D eigenvalue weighted by molar-refractivity contribution is 6.17. The van der Waals surface area contributed by atoms with Crippen molar-refractivity contribution in [1.29, 1.82) is 0 Å². The number of unbranched alkanes of at least 4 members (excludes halogenated alkanes) is 2. The van der Waals surface area contributed by atoms with Gasteiger partial charge >= 0.3 is 0 Å². The summed E-state index contributed by atoms with van der Waals surface area (Å²) >= 11 is 5.79. The molecular weight excluding hydrogens is 294 g/mol. The number of hydrogen-bond donors (Lipinski definition) is 0. The van der Waals surface area contributed by atoms with Crippen molar-refractivity contribution >= 4 is 33.5 Å². The van der Waals surface area contributed by atoms with E-state index in [2.05, 4.69) is 34.7 Å². The fourth-order valence-electron chi connectivity index (χ4n) is 3.01. The average molecular weight is 316 g/mol. The van der Waals surface area contributed by atoms with E-state index >= 15 is 0 Å². The third-order valence-corrected chi connectivity index (χ3v) is 4.31. The van der Waals surface area contributed by atoms with Crippen LogP contribution in [-0.4, -0.2) is 20.4 Å². The van der Waals surface area contributed by atoms with Gasteiger partial charge in [0.05, 0.1) is 17.2 Å². The zero-order valence-corrected chi connectivity index (χ0v) is 13.8. The summed E-state index contributed by atoms with van der Waals surface area (Å²) in [4.78, 5) is 9.37. The first-order chi connectivity index (χ1) is 10.8. The van der Waals surface area contributed by atoms with Gasteiger partial charge in [-0.3, -0.25) is 4.98 Å². The SMILES string of the molecule is CCCc1nc2cnc3ccccc3c2n1CCCCCCl. The molecule has 0 aliphatic heterocycles. The zero-order chi connectivity index (χ0) is 15.4. The molecule has 2 heterocycles. The molecule has 0 atom stereocenters. The van der Waals surface area contributed by atoms with Gasteiger partial charge in [0.25, 0.3) is 0 Å². The number of aryl methyl sites for hydroxylation is 2. The van der Waals surface area contributed by atoms with E-state index in [4.69, 9.17) is 16.6 Å². The second-order valence-electron chi connectivity index (χ2n) is 5.69. The van der Waals surface area contributed by atoms with E-state index in [0.717, 1.165) is 55.6 Å². The first kappa shape index (κ1) is 15.3. The van der Waals surface area contributed by atoms with Gasteiger partial charge in [-0.05, 0) is 25.3 Å². The fraction of sp³-hybridized carbons (Fsp3) is 0.444. The van der Waals surface area contributed by atoms with Crippen LogP contribution in [0.5, 0.6) is 0 Å². The summed E-state index contributed by atoms with van der Waals surface area (Å²) in [7, 11) is 0. The number of nitrogens with zero attached hydrogens (tertiary/aromatic N) is 3. The van der Waals surface area contributed by atoms with Gasteiger partial charge in [-0.2, -0.15) is 0 Å². The minimum absolute atomic E-state index is 0.749. The summed E-state index contributed by atoms with van der Waals surface area (Å²) in [5.74, 6) is 1.93. The largest absolute Gasteiger partial charge is 0.327 e. The third-order valence-electron chi connectivity index (χ3n) is 4.05. The number of benzene rings is 1. The molecule has 0 saturated carbocycles. The lowest BCUT2D eigenvalue weighted by Crippen LogP contribution is -2.04. The zero-order valence-electron chi connectivity index (χ0n) is 13.1. The van der Waals surface area contributed by atoms with E-state index in [1.54, 1.807) is 0 Å². The highest BCUT2D eigenvalue weighted by atomic mass is 35.5. The molecule has 2 aromatic heterocycles. The van der Waals surface area contributed by atoms with Crippen molar-refractivity contribution in [1.82, 2.24) is 14.5 Å². The highest BCUT2D eigenvalue weighted by Crippen LogP contribution is 2.25. The predicted octanol–water partition coefficient (Wildman–Crippen LogP) is 4.95. The summed E-state index contributed by atoms with van der Waals surface area (Å²) in [6, 6.07) is 8.33. The van der Waals surface area contributed by atoms with Crippen LogP contribution in [0.15, 0.2) is 30.5 Å². The summed E-state index contributed by atoms with van der Waals surface area (Å²) < 4.78 is 2.40. The van der Waals surface area contributed by atoms with Crippen LogP contribution in [0.4, 0.5) is 0 Å². The van der Waals surface area contributed by atoms with Gasteiger partial charge in [-0.1, -0.05) is 31.5 Å². The van der Waals surface area contributed by atoms with E-state index < -0.39 is 0 Å². The molecule has 0 saturated heterocycles. The number of aromatic nitrogens is 3. The van der Waals surface area contributed by atoms with Crippen molar-refractivity contribution in [2.24, 2.45) is 0 Å². The van der Waals surface area contributed by atoms with E-state index in [1.165, 1.54) is 16.7 Å². The Kier molecular flexibility index (Phi) is 4.94. The van der Waals surface area contributed by atoms with Crippen LogP contribution in [0, 0.1) is 0 Å². The molecule has 0 aliphatic carbocycles. The monoisotopic (exact) mass is 315 g/mol. The van der Waals surface area contributed by atoms with Gasteiger partial charge in [0.15, 0.2) is 0 Å². The van der Waals surface area contributed by atoms with Crippen molar-refractivity contribution in [3.05, 3.63) is 36.3 Å². The molecule has 0 bridgehead atoms. The van der Waals surface area contributed by atoms with Crippen LogP contribution in [-0.2, 0) is 13.0 Å². The van der Waals surface area contributed by atoms with Crippen LogP contribution in [0.25, 0.3) is 21.9 Å². The van der Waals surface area contributed by atoms with Crippen molar-refractivity contribution in [2.75, 3.05) is 5.88 Å². The second-order valence-corrected chi connectivity index (χ2v) is 6.07. The van der Waals surface area contributed by atoms with E-state index in [-0.39, 0.29) is 0 Å². The standard InChI is InChI=1S/C18H22ClN3/c1-2-8-17-21-16-13-20-15-10-5-4-9-14(15)18(16)22(17)12-7-3-6-11-19/h4-5,9-10,13H,2-3,6-8,11-12H2,1H3. The maximum atomic E-state index is 5.79. The van der Waals surface area contributed by atoms with Gasteiger partial charge in [0.1, 0.15) is 11.3 Å². The van der Waals surface area contributed by atoms with Crippen LogP contribution in [0.1, 0.15) is 38.4 Å². The number of pyridine rings is 1. The van der Waals surface area contributed by atoms with Crippen molar-refractivity contribution in [3.8, 4) is 0 Å². The lowest BCUT2D eigenvalue weighted by Gasteiger charge is -2.10. The lowest BCUT2D eigenvalue weighted by atomic mass is 10.2.